The quantitative estimate of drug-likeness (QED) is 0.828. The lowest BCUT2D eigenvalue weighted by Gasteiger charge is -2.22. The van der Waals surface area contributed by atoms with Gasteiger partial charge in [-0.05, 0) is 30.7 Å². The van der Waals surface area contributed by atoms with Gasteiger partial charge in [-0.15, -0.1) is 11.3 Å². The third-order valence-corrected chi connectivity index (χ3v) is 5.96. The maximum atomic E-state index is 12.8. The molecule has 3 rings (SSSR count). The van der Waals surface area contributed by atoms with Gasteiger partial charge in [0, 0.05) is 38.0 Å². The summed E-state index contributed by atoms with van der Waals surface area (Å²) in [5.74, 6) is -0.239. The van der Waals surface area contributed by atoms with Crippen LogP contribution in [0, 0.1) is 0 Å². The average Bonchev–Trinajstić information content (AvgIpc) is 3.02. The first-order chi connectivity index (χ1) is 13.5. The predicted octanol–water partition coefficient (Wildman–Crippen LogP) is 3.03. The Kier molecular flexibility index (Phi) is 6.70. The smallest absolute Gasteiger partial charge is 0.263 e. The number of carbonyl (C=O) groups is 3. The second kappa shape index (κ2) is 9.21. The summed E-state index contributed by atoms with van der Waals surface area (Å²) >= 11 is 7.53. The van der Waals surface area contributed by atoms with E-state index in [2.05, 4.69) is 5.32 Å². The summed E-state index contributed by atoms with van der Waals surface area (Å²) in [6.45, 7) is 4.03. The van der Waals surface area contributed by atoms with E-state index < -0.39 is 0 Å². The van der Waals surface area contributed by atoms with Gasteiger partial charge in [-0.1, -0.05) is 23.7 Å². The molecule has 2 heterocycles. The van der Waals surface area contributed by atoms with E-state index in [1.165, 1.54) is 18.3 Å². The fourth-order valence-corrected chi connectivity index (χ4v) is 4.22. The topological polar surface area (TPSA) is 69.7 Å². The van der Waals surface area contributed by atoms with Crippen LogP contribution in [0.1, 0.15) is 38.3 Å². The number of hydrogen-bond acceptors (Lipinski definition) is 4. The van der Waals surface area contributed by atoms with E-state index >= 15 is 0 Å². The molecule has 1 fully saturated rings. The molecule has 1 N–H and O–H groups in total. The van der Waals surface area contributed by atoms with E-state index in [-0.39, 0.29) is 17.7 Å². The van der Waals surface area contributed by atoms with Gasteiger partial charge in [-0.3, -0.25) is 14.4 Å². The second-order valence-corrected chi connectivity index (χ2v) is 8.17. The third-order valence-electron chi connectivity index (χ3n) is 4.56. The van der Waals surface area contributed by atoms with Crippen molar-refractivity contribution in [2.75, 3.05) is 26.2 Å². The highest BCUT2D eigenvalue weighted by molar-refractivity contribution is 7.14. The van der Waals surface area contributed by atoms with E-state index in [9.17, 15) is 14.4 Å². The summed E-state index contributed by atoms with van der Waals surface area (Å²) < 4.78 is 0. The maximum Gasteiger partial charge on any atom is 0.263 e. The highest BCUT2D eigenvalue weighted by Crippen LogP contribution is 2.21. The van der Waals surface area contributed by atoms with E-state index in [1.54, 1.807) is 40.1 Å². The molecule has 1 aliphatic heterocycles. The van der Waals surface area contributed by atoms with Crippen LogP contribution in [-0.2, 0) is 11.3 Å². The van der Waals surface area contributed by atoms with Gasteiger partial charge in [0.2, 0.25) is 5.91 Å². The van der Waals surface area contributed by atoms with Gasteiger partial charge >= 0.3 is 0 Å². The van der Waals surface area contributed by atoms with Crippen molar-refractivity contribution in [1.82, 2.24) is 15.1 Å². The number of hydrogen-bond donors (Lipinski definition) is 1. The molecule has 8 heteroatoms. The molecule has 1 aliphatic rings. The van der Waals surface area contributed by atoms with Crippen molar-refractivity contribution < 1.29 is 14.4 Å². The van der Waals surface area contributed by atoms with Crippen molar-refractivity contribution in [2.24, 2.45) is 0 Å². The number of rotatable bonds is 4. The van der Waals surface area contributed by atoms with Crippen molar-refractivity contribution in [3.05, 3.63) is 56.7 Å². The van der Waals surface area contributed by atoms with E-state index in [0.29, 0.717) is 54.6 Å². The van der Waals surface area contributed by atoms with Crippen LogP contribution in [0.2, 0.25) is 5.02 Å². The number of nitrogens with one attached hydrogen (secondary N) is 1. The zero-order valence-corrected chi connectivity index (χ0v) is 17.2. The van der Waals surface area contributed by atoms with Gasteiger partial charge in [-0.2, -0.15) is 0 Å². The molecular formula is C20H22ClN3O3S. The van der Waals surface area contributed by atoms with Crippen molar-refractivity contribution in [3.8, 4) is 0 Å². The van der Waals surface area contributed by atoms with Gasteiger partial charge < -0.3 is 15.1 Å². The monoisotopic (exact) mass is 419 g/mol. The van der Waals surface area contributed by atoms with Gasteiger partial charge in [0.1, 0.15) is 0 Å². The Morgan fingerprint density at radius 2 is 1.68 bits per heavy atom. The predicted molar refractivity (Wildman–Crippen MR) is 110 cm³/mol. The minimum Gasteiger partial charge on any atom is -0.351 e. The summed E-state index contributed by atoms with van der Waals surface area (Å²) in [5.41, 5.74) is 0.491. The molecule has 0 atom stereocenters. The van der Waals surface area contributed by atoms with Crippen LogP contribution < -0.4 is 5.32 Å². The number of benzene rings is 1. The first-order valence-corrected chi connectivity index (χ1v) is 10.3. The molecule has 0 aliphatic carbocycles. The maximum absolute atomic E-state index is 12.8. The Morgan fingerprint density at radius 3 is 2.36 bits per heavy atom. The molecule has 0 bridgehead atoms. The van der Waals surface area contributed by atoms with Crippen molar-refractivity contribution >= 4 is 40.7 Å². The molecule has 148 valence electrons. The van der Waals surface area contributed by atoms with E-state index in [0.717, 1.165) is 4.88 Å². The first kappa shape index (κ1) is 20.4. The molecule has 0 saturated carbocycles. The molecule has 28 heavy (non-hydrogen) atoms. The summed E-state index contributed by atoms with van der Waals surface area (Å²) in [4.78, 5) is 41.7. The Balaban J connectivity index is 1.62. The van der Waals surface area contributed by atoms with Crippen molar-refractivity contribution in [2.45, 2.75) is 19.9 Å². The highest BCUT2D eigenvalue weighted by Gasteiger charge is 2.25. The number of nitrogens with zero attached hydrogens (tertiary/aromatic N) is 2. The fourth-order valence-electron chi connectivity index (χ4n) is 3.08. The molecule has 0 spiro atoms. The van der Waals surface area contributed by atoms with Gasteiger partial charge in [0.15, 0.2) is 0 Å². The fraction of sp³-hybridized carbons (Fsp3) is 0.350. The van der Waals surface area contributed by atoms with Crippen molar-refractivity contribution in [1.29, 1.82) is 0 Å². The molecule has 1 saturated heterocycles. The molecule has 1 aromatic carbocycles. The molecular weight excluding hydrogens is 398 g/mol. The Bertz CT molecular complexity index is 883. The van der Waals surface area contributed by atoms with E-state index in [1.807, 2.05) is 6.07 Å². The first-order valence-electron chi connectivity index (χ1n) is 9.12. The zero-order valence-electron chi connectivity index (χ0n) is 15.6. The van der Waals surface area contributed by atoms with E-state index in [4.69, 9.17) is 11.6 Å². The Hall–Kier alpha value is -2.38. The summed E-state index contributed by atoms with van der Waals surface area (Å²) in [6, 6.07) is 10.7. The molecule has 0 unspecified atom stereocenters. The van der Waals surface area contributed by atoms with Crippen LogP contribution in [0.25, 0.3) is 0 Å². The third kappa shape index (κ3) is 4.91. The van der Waals surface area contributed by atoms with Crippen LogP contribution in [0.3, 0.4) is 0 Å². The molecule has 1 aromatic heterocycles. The summed E-state index contributed by atoms with van der Waals surface area (Å²) in [5, 5.41) is 3.17. The van der Waals surface area contributed by atoms with Gasteiger partial charge in [-0.25, -0.2) is 0 Å². The highest BCUT2D eigenvalue weighted by atomic mass is 35.5. The molecule has 0 radical (unpaired) electrons. The standard InChI is InChI=1S/C20H22ClN3O3S/c1-14(25)22-13-15-7-8-18(28-15)20(27)24-10-4-9-23(11-12-24)19(26)16-5-2-3-6-17(16)21/h2-3,5-8H,4,9-13H2,1H3,(H,22,25). The van der Waals surface area contributed by atoms with Crippen molar-refractivity contribution in [3.63, 3.8) is 0 Å². The minimum absolute atomic E-state index is 0.0360. The van der Waals surface area contributed by atoms with Crippen LogP contribution in [0.5, 0.6) is 0 Å². The average molecular weight is 420 g/mol. The zero-order chi connectivity index (χ0) is 20.1. The molecule has 3 amide bonds. The van der Waals surface area contributed by atoms with Crippen LogP contribution >= 0.6 is 22.9 Å². The lowest BCUT2D eigenvalue weighted by molar-refractivity contribution is -0.119. The Labute approximate surface area is 173 Å². The normalized spacial score (nSPS) is 14.5. The number of halogens is 1. The molecule has 6 nitrogen and oxygen atoms in total. The van der Waals surface area contributed by atoms with Gasteiger partial charge in [0.25, 0.3) is 11.8 Å². The lowest BCUT2D eigenvalue weighted by Crippen LogP contribution is -2.37. The molecule has 2 aromatic rings. The summed E-state index contributed by atoms with van der Waals surface area (Å²) in [6.07, 6.45) is 0.714. The van der Waals surface area contributed by atoms with Crippen LogP contribution in [0.15, 0.2) is 36.4 Å². The number of carbonyl (C=O) groups excluding carboxylic acids is 3. The minimum atomic E-state index is -0.103. The largest absolute Gasteiger partial charge is 0.351 e. The van der Waals surface area contributed by atoms with Crippen LogP contribution in [-0.4, -0.2) is 53.7 Å². The Morgan fingerprint density at radius 1 is 1.00 bits per heavy atom. The second-order valence-electron chi connectivity index (χ2n) is 6.59. The number of thiophene rings is 1. The SMILES string of the molecule is CC(=O)NCc1ccc(C(=O)N2CCCN(C(=O)c3ccccc3Cl)CC2)s1. The number of amides is 3. The lowest BCUT2D eigenvalue weighted by atomic mass is 10.2. The summed E-state index contributed by atoms with van der Waals surface area (Å²) in [7, 11) is 0. The van der Waals surface area contributed by atoms with Gasteiger partial charge in [0.05, 0.1) is 22.0 Å². The van der Waals surface area contributed by atoms with Crippen LogP contribution in [0.4, 0.5) is 0 Å².